The van der Waals surface area contributed by atoms with Crippen molar-refractivity contribution < 1.29 is 9.13 Å². The second-order valence-electron chi connectivity index (χ2n) is 4.34. The number of aromatic nitrogens is 1. The van der Waals surface area contributed by atoms with Gasteiger partial charge in [-0.05, 0) is 37.2 Å². The summed E-state index contributed by atoms with van der Waals surface area (Å²) in [7, 11) is 0. The maximum atomic E-state index is 13.0. The van der Waals surface area contributed by atoms with Crippen LogP contribution in [0.5, 0.6) is 11.5 Å². The number of halogens is 2. The second kappa shape index (κ2) is 7.22. The largest absolute Gasteiger partial charge is 0.454 e. The van der Waals surface area contributed by atoms with E-state index in [2.05, 4.69) is 17.2 Å². The van der Waals surface area contributed by atoms with E-state index in [1.165, 1.54) is 18.2 Å². The molecule has 1 aromatic carbocycles. The molecule has 1 aromatic heterocycles. The fourth-order valence-corrected chi connectivity index (χ4v) is 1.93. The van der Waals surface area contributed by atoms with Gasteiger partial charge in [-0.1, -0.05) is 18.5 Å². The Bertz CT molecular complexity index is 578. The fraction of sp³-hybridized carbons (Fsp3) is 0.267. The van der Waals surface area contributed by atoms with Crippen molar-refractivity contribution in [3.63, 3.8) is 0 Å². The highest BCUT2D eigenvalue weighted by molar-refractivity contribution is 6.32. The number of pyridine rings is 1. The van der Waals surface area contributed by atoms with Gasteiger partial charge in [-0.25, -0.2) is 4.39 Å². The van der Waals surface area contributed by atoms with E-state index in [0.717, 1.165) is 18.5 Å². The first-order valence-electron chi connectivity index (χ1n) is 6.47. The van der Waals surface area contributed by atoms with Gasteiger partial charge >= 0.3 is 0 Å². The Morgan fingerprint density at radius 2 is 2.15 bits per heavy atom. The monoisotopic (exact) mass is 294 g/mol. The van der Waals surface area contributed by atoms with Gasteiger partial charge in [0.05, 0.1) is 11.2 Å². The summed E-state index contributed by atoms with van der Waals surface area (Å²) in [5.74, 6) is 0.640. The van der Waals surface area contributed by atoms with Crippen LogP contribution in [0, 0.1) is 5.82 Å². The maximum Gasteiger partial charge on any atom is 0.150 e. The minimum absolute atomic E-state index is 0.237. The van der Waals surface area contributed by atoms with Gasteiger partial charge in [0.15, 0.2) is 0 Å². The van der Waals surface area contributed by atoms with E-state index in [1.807, 2.05) is 6.07 Å². The lowest BCUT2D eigenvalue weighted by Gasteiger charge is -2.12. The summed E-state index contributed by atoms with van der Waals surface area (Å²) < 4.78 is 18.7. The molecule has 3 nitrogen and oxygen atoms in total. The summed E-state index contributed by atoms with van der Waals surface area (Å²) in [6.45, 7) is 3.72. The smallest absolute Gasteiger partial charge is 0.150 e. The molecule has 0 bridgehead atoms. The van der Waals surface area contributed by atoms with Gasteiger partial charge in [0.1, 0.15) is 17.3 Å². The van der Waals surface area contributed by atoms with E-state index in [0.29, 0.717) is 18.0 Å². The van der Waals surface area contributed by atoms with Crippen molar-refractivity contribution in [1.82, 2.24) is 10.3 Å². The molecule has 0 aliphatic rings. The third-order valence-electron chi connectivity index (χ3n) is 2.73. The Morgan fingerprint density at radius 3 is 2.90 bits per heavy atom. The van der Waals surface area contributed by atoms with Crippen molar-refractivity contribution in [2.45, 2.75) is 19.9 Å². The van der Waals surface area contributed by atoms with Crippen LogP contribution in [0.25, 0.3) is 0 Å². The van der Waals surface area contributed by atoms with Crippen LogP contribution in [0.3, 0.4) is 0 Å². The van der Waals surface area contributed by atoms with E-state index >= 15 is 0 Å². The molecule has 0 unspecified atom stereocenters. The molecule has 0 atom stereocenters. The third kappa shape index (κ3) is 3.92. The molecular formula is C15H16ClFN2O. The SMILES string of the molecule is CCCNCc1ccncc1Oc1ccc(F)cc1Cl. The van der Waals surface area contributed by atoms with Gasteiger partial charge in [0.25, 0.3) is 0 Å². The van der Waals surface area contributed by atoms with Crippen molar-refractivity contribution in [3.05, 3.63) is 53.1 Å². The van der Waals surface area contributed by atoms with Crippen LogP contribution >= 0.6 is 11.6 Å². The fourth-order valence-electron chi connectivity index (χ4n) is 1.72. The van der Waals surface area contributed by atoms with Crippen molar-refractivity contribution >= 4 is 11.6 Å². The minimum Gasteiger partial charge on any atom is -0.454 e. The summed E-state index contributed by atoms with van der Waals surface area (Å²) in [5, 5.41) is 3.54. The van der Waals surface area contributed by atoms with E-state index in [1.54, 1.807) is 12.4 Å². The van der Waals surface area contributed by atoms with Gasteiger partial charge in [-0.2, -0.15) is 0 Å². The quantitative estimate of drug-likeness (QED) is 0.812. The van der Waals surface area contributed by atoms with Crippen LogP contribution in [0.2, 0.25) is 5.02 Å². The maximum absolute atomic E-state index is 13.0. The second-order valence-corrected chi connectivity index (χ2v) is 4.74. The number of hydrogen-bond donors (Lipinski definition) is 1. The molecule has 5 heteroatoms. The van der Waals surface area contributed by atoms with Crippen LogP contribution in [0.1, 0.15) is 18.9 Å². The molecular weight excluding hydrogens is 279 g/mol. The summed E-state index contributed by atoms with van der Waals surface area (Å²) in [5.41, 5.74) is 0.980. The first-order valence-corrected chi connectivity index (χ1v) is 6.85. The van der Waals surface area contributed by atoms with Gasteiger partial charge in [0, 0.05) is 18.3 Å². The molecule has 20 heavy (non-hydrogen) atoms. The summed E-state index contributed by atoms with van der Waals surface area (Å²) in [6.07, 6.45) is 4.40. The number of ether oxygens (including phenoxy) is 1. The number of nitrogens with one attached hydrogen (secondary N) is 1. The van der Waals surface area contributed by atoms with Crippen molar-refractivity contribution in [3.8, 4) is 11.5 Å². The minimum atomic E-state index is -0.390. The molecule has 0 saturated heterocycles. The zero-order valence-corrected chi connectivity index (χ0v) is 12.0. The highest BCUT2D eigenvalue weighted by atomic mass is 35.5. The van der Waals surface area contributed by atoms with Crippen molar-refractivity contribution in [2.24, 2.45) is 0 Å². The zero-order valence-electron chi connectivity index (χ0n) is 11.2. The van der Waals surface area contributed by atoms with Crippen molar-refractivity contribution in [1.29, 1.82) is 0 Å². The number of rotatable bonds is 6. The molecule has 2 rings (SSSR count). The Kier molecular flexibility index (Phi) is 5.32. The Hall–Kier alpha value is -1.65. The summed E-state index contributed by atoms with van der Waals surface area (Å²) in [6, 6.07) is 5.93. The lowest BCUT2D eigenvalue weighted by molar-refractivity contribution is 0.468. The number of nitrogens with zero attached hydrogens (tertiary/aromatic N) is 1. The average Bonchev–Trinajstić information content (AvgIpc) is 2.44. The number of benzene rings is 1. The molecule has 0 amide bonds. The van der Waals surface area contributed by atoms with Crippen LogP contribution in [0.15, 0.2) is 36.7 Å². The lowest BCUT2D eigenvalue weighted by atomic mass is 10.2. The van der Waals surface area contributed by atoms with Crippen molar-refractivity contribution in [2.75, 3.05) is 6.54 Å². The predicted molar refractivity (Wildman–Crippen MR) is 77.7 cm³/mol. The first kappa shape index (κ1) is 14.8. The third-order valence-corrected chi connectivity index (χ3v) is 3.02. The molecule has 0 saturated carbocycles. The molecule has 0 aliphatic heterocycles. The van der Waals surface area contributed by atoms with Gasteiger partial charge < -0.3 is 10.1 Å². The molecule has 0 spiro atoms. The standard InChI is InChI=1S/C15H16ClFN2O/c1-2-6-18-9-11-5-7-19-10-15(11)20-14-4-3-12(17)8-13(14)16/h3-5,7-8,10,18H,2,6,9H2,1H3. The molecule has 1 N–H and O–H groups in total. The topological polar surface area (TPSA) is 34.2 Å². The Morgan fingerprint density at radius 1 is 1.30 bits per heavy atom. The van der Waals surface area contributed by atoms with Crippen LogP contribution in [0.4, 0.5) is 4.39 Å². The van der Waals surface area contributed by atoms with E-state index in [4.69, 9.17) is 16.3 Å². The molecule has 106 valence electrons. The van der Waals surface area contributed by atoms with Crippen LogP contribution in [-0.4, -0.2) is 11.5 Å². The van der Waals surface area contributed by atoms with Gasteiger partial charge in [0.2, 0.25) is 0 Å². The van der Waals surface area contributed by atoms with Gasteiger partial charge in [-0.15, -0.1) is 0 Å². The van der Waals surface area contributed by atoms with Crippen LogP contribution < -0.4 is 10.1 Å². The number of hydrogen-bond acceptors (Lipinski definition) is 3. The molecule has 2 aromatic rings. The predicted octanol–water partition coefficient (Wildman–Crippen LogP) is 4.17. The molecule has 0 aliphatic carbocycles. The highest BCUT2D eigenvalue weighted by Gasteiger charge is 2.08. The van der Waals surface area contributed by atoms with Crippen LogP contribution in [-0.2, 0) is 6.54 Å². The van der Waals surface area contributed by atoms with E-state index in [9.17, 15) is 4.39 Å². The highest BCUT2D eigenvalue weighted by Crippen LogP contribution is 2.31. The molecule has 0 radical (unpaired) electrons. The normalized spacial score (nSPS) is 10.6. The zero-order chi connectivity index (χ0) is 14.4. The Balaban J connectivity index is 2.16. The molecule has 0 fully saturated rings. The van der Waals surface area contributed by atoms with E-state index in [-0.39, 0.29) is 5.02 Å². The molecule has 1 heterocycles. The summed E-state index contributed by atoms with van der Waals surface area (Å²) in [4.78, 5) is 4.05. The van der Waals surface area contributed by atoms with E-state index < -0.39 is 5.82 Å². The summed E-state index contributed by atoms with van der Waals surface area (Å²) >= 11 is 5.96. The first-order chi connectivity index (χ1) is 9.70. The Labute approximate surface area is 122 Å². The average molecular weight is 295 g/mol. The van der Waals surface area contributed by atoms with Gasteiger partial charge in [-0.3, -0.25) is 4.98 Å². The lowest BCUT2D eigenvalue weighted by Crippen LogP contribution is -2.14.